The monoisotopic (exact) mass is 483 g/mol. The lowest BCUT2D eigenvalue weighted by atomic mass is 9.98. The molecule has 7 nitrogen and oxygen atoms in total. The third-order valence-corrected chi connectivity index (χ3v) is 6.59. The van der Waals surface area contributed by atoms with Crippen molar-refractivity contribution in [3.63, 3.8) is 0 Å². The number of fused-ring (bicyclic) bond motifs is 2. The maximum absolute atomic E-state index is 13.3. The molecule has 1 aliphatic heterocycles. The Hall–Kier alpha value is -4.10. The van der Waals surface area contributed by atoms with Gasteiger partial charge in [-0.05, 0) is 53.5 Å². The van der Waals surface area contributed by atoms with E-state index < -0.39 is 0 Å². The van der Waals surface area contributed by atoms with Gasteiger partial charge >= 0.3 is 0 Å². The van der Waals surface area contributed by atoms with Crippen LogP contribution in [0.3, 0.4) is 0 Å². The highest BCUT2D eigenvalue weighted by atomic mass is 16.5. The summed E-state index contributed by atoms with van der Waals surface area (Å²) in [6.07, 6.45) is 6.11. The van der Waals surface area contributed by atoms with Gasteiger partial charge in [-0.25, -0.2) is 4.98 Å². The Balaban J connectivity index is 1.49. The van der Waals surface area contributed by atoms with Crippen LogP contribution in [0.4, 0.5) is 0 Å². The first kappa shape index (κ1) is 23.6. The molecular formula is C29H29N3O4. The van der Waals surface area contributed by atoms with Gasteiger partial charge in [-0.2, -0.15) is 0 Å². The largest absolute Gasteiger partial charge is 0.493 e. The van der Waals surface area contributed by atoms with E-state index in [2.05, 4.69) is 17.1 Å². The average Bonchev–Trinajstić information content (AvgIpc) is 3.24. The minimum atomic E-state index is -0.0361. The van der Waals surface area contributed by atoms with Crippen molar-refractivity contribution < 1.29 is 19.0 Å². The summed E-state index contributed by atoms with van der Waals surface area (Å²) < 4.78 is 18.4. The molecule has 0 saturated carbocycles. The third kappa shape index (κ3) is 4.33. The van der Waals surface area contributed by atoms with Crippen molar-refractivity contribution in [2.45, 2.75) is 19.7 Å². The van der Waals surface area contributed by atoms with Crippen molar-refractivity contribution in [3.05, 3.63) is 83.6 Å². The zero-order chi connectivity index (χ0) is 25.1. The fourth-order valence-electron chi connectivity index (χ4n) is 4.86. The number of pyridine rings is 1. The van der Waals surface area contributed by atoms with E-state index in [-0.39, 0.29) is 5.91 Å². The summed E-state index contributed by atoms with van der Waals surface area (Å²) in [5.74, 6) is 1.35. The molecule has 184 valence electrons. The number of hydrogen-bond donors (Lipinski definition) is 0. The van der Waals surface area contributed by atoms with Gasteiger partial charge in [0.15, 0.2) is 11.5 Å². The van der Waals surface area contributed by atoms with Crippen LogP contribution in [0.25, 0.3) is 28.4 Å². The van der Waals surface area contributed by atoms with Crippen LogP contribution in [0, 0.1) is 0 Å². The Kier molecular flexibility index (Phi) is 6.73. The second-order valence-electron chi connectivity index (χ2n) is 8.67. The van der Waals surface area contributed by atoms with Crippen LogP contribution >= 0.6 is 0 Å². The molecule has 0 atom stereocenters. The number of carbonyl (C=O) groups excluding carboxylic acids is 1. The van der Waals surface area contributed by atoms with Crippen LogP contribution in [0.1, 0.15) is 16.7 Å². The lowest BCUT2D eigenvalue weighted by molar-refractivity contribution is -0.126. The summed E-state index contributed by atoms with van der Waals surface area (Å²) in [4.78, 5) is 19.8. The second kappa shape index (κ2) is 10.3. The zero-order valence-corrected chi connectivity index (χ0v) is 20.7. The molecule has 0 spiro atoms. The summed E-state index contributed by atoms with van der Waals surface area (Å²) in [6, 6.07) is 18.0. The Bertz CT molecular complexity index is 1430. The fourth-order valence-corrected chi connectivity index (χ4v) is 4.86. The number of aromatic nitrogens is 2. The maximum atomic E-state index is 13.3. The van der Waals surface area contributed by atoms with Gasteiger partial charge in [0.05, 0.1) is 19.9 Å². The highest BCUT2D eigenvalue weighted by Gasteiger charge is 2.23. The molecule has 0 N–H and O–H groups in total. The van der Waals surface area contributed by atoms with Crippen molar-refractivity contribution in [3.8, 4) is 22.8 Å². The maximum Gasteiger partial charge on any atom is 0.246 e. The van der Waals surface area contributed by atoms with E-state index >= 15 is 0 Å². The molecule has 36 heavy (non-hydrogen) atoms. The number of benzene rings is 2. The molecule has 3 heterocycles. The SMILES string of the molecule is COCn1c(-c2ccccc2)c(C=CC(=O)N2CCc3cc(OC)c(OC)cc3C2)c2cccnc21. The van der Waals surface area contributed by atoms with Gasteiger partial charge in [-0.3, -0.25) is 4.79 Å². The van der Waals surface area contributed by atoms with Crippen LogP contribution < -0.4 is 9.47 Å². The first-order chi connectivity index (χ1) is 17.6. The third-order valence-electron chi connectivity index (χ3n) is 6.59. The van der Waals surface area contributed by atoms with Crippen LogP contribution in [0.5, 0.6) is 11.5 Å². The van der Waals surface area contributed by atoms with E-state index in [1.807, 2.05) is 58.0 Å². The zero-order valence-electron chi connectivity index (χ0n) is 20.7. The summed E-state index contributed by atoms with van der Waals surface area (Å²) in [6.45, 7) is 1.52. The minimum Gasteiger partial charge on any atom is -0.493 e. The van der Waals surface area contributed by atoms with Gasteiger partial charge < -0.3 is 23.7 Å². The quantitative estimate of drug-likeness (QED) is 0.349. The second-order valence-corrected chi connectivity index (χ2v) is 8.67. The van der Waals surface area contributed by atoms with Crippen molar-refractivity contribution >= 4 is 23.0 Å². The molecular weight excluding hydrogens is 454 g/mol. The number of nitrogens with zero attached hydrogens (tertiary/aromatic N) is 3. The lowest BCUT2D eigenvalue weighted by Gasteiger charge is -2.28. The molecule has 0 saturated heterocycles. The molecule has 2 aromatic carbocycles. The van der Waals surface area contributed by atoms with Gasteiger partial charge in [-0.15, -0.1) is 0 Å². The number of methoxy groups -OCH3 is 3. The molecule has 4 aromatic rings. The van der Waals surface area contributed by atoms with Crippen LogP contribution in [0.15, 0.2) is 66.9 Å². The molecule has 0 radical (unpaired) electrons. The van der Waals surface area contributed by atoms with E-state index in [1.165, 1.54) is 5.56 Å². The summed E-state index contributed by atoms with van der Waals surface area (Å²) in [5.41, 5.74) is 6.02. The molecule has 5 rings (SSSR count). The number of carbonyl (C=O) groups is 1. The number of rotatable bonds is 7. The Morgan fingerprint density at radius 3 is 2.47 bits per heavy atom. The Morgan fingerprint density at radius 1 is 1.00 bits per heavy atom. The van der Waals surface area contributed by atoms with Gasteiger partial charge in [0, 0.05) is 43.4 Å². The van der Waals surface area contributed by atoms with E-state index in [1.54, 1.807) is 33.6 Å². The molecule has 2 aromatic heterocycles. The first-order valence-electron chi connectivity index (χ1n) is 11.9. The number of hydrogen-bond acceptors (Lipinski definition) is 5. The minimum absolute atomic E-state index is 0.0361. The van der Waals surface area contributed by atoms with Crippen LogP contribution in [0.2, 0.25) is 0 Å². The normalized spacial score (nSPS) is 13.2. The van der Waals surface area contributed by atoms with Crippen molar-refractivity contribution in [1.29, 1.82) is 0 Å². The van der Waals surface area contributed by atoms with Crippen molar-refractivity contribution in [2.24, 2.45) is 0 Å². The van der Waals surface area contributed by atoms with E-state index in [0.29, 0.717) is 31.3 Å². The van der Waals surface area contributed by atoms with Crippen LogP contribution in [-0.4, -0.2) is 48.2 Å². The van der Waals surface area contributed by atoms with E-state index in [4.69, 9.17) is 14.2 Å². The highest BCUT2D eigenvalue weighted by molar-refractivity contribution is 6.00. The highest BCUT2D eigenvalue weighted by Crippen LogP contribution is 2.35. The number of amides is 1. The lowest BCUT2D eigenvalue weighted by Crippen LogP contribution is -2.34. The molecule has 1 amide bonds. The van der Waals surface area contributed by atoms with E-state index in [9.17, 15) is 4.79 Å². The smallest absolute Gasteiger partial charge is 0.246 e. The average molecular weight is 484 g/mol. The van der Waals surface area contributed by atoms with Crippen LogP contribution in [-0.2, 0) is 29.2 Å². The summed E-state index contributed by atoms with van der Waals surface area (Å²) >= 11 is 0. The first-order valence-corrected chi connectivity index (χ1v) is 11.9. The van der Waals surface area contributed by atoms with Crippen molar-refractivity contribution in [1.82, 2.24) is 14.5 Å². The standard InChI is InChI=1S/C29H29N3O4/c1-34-19-32-28(20-8-5-4-6-9-20)23(24-10-7-14-30-29(24)32)11-12-27(33)31-15-13-21-16-25(35-2)26(36-3)17-22(21)18-31/h4-12,14,16-17H,13,15,18-19H2,1-3H3. The predicted octanol–water partition coefficient (Wildman–Crippen LogP) is 4.92. The Morgan fingerprint density at radius 2 is 1.75 bits per heavy atom. The fraction of sp³-hybridized carbons (Fsp3) is 0.241. The summed E-state index contributed by atoms with van der Waals surface area (Å²) in [5, 5.41) is 0.971. The van der Waals surface area contributed by atoms with Crippen molar-refractivity contribution in [2.75, 3.05) is 27.9 Å². The molecule has 0 aliphatic carbocycles. The molecule has 1 aliphatic rings. The predicted molar refractivity (Wildman–Crippen MR) is 140 cm³/mol. The molecule has 0 fully saturated rings. The van der Waals surface area contributed by atoms with Gasteiger partial charge in [0.1, 0.15) is 12.4 Å². The molecule has 0 unspecified atom stereocenters. The van der Waals surface area contributed by atoms with Gasteiger partial charge in [0.25, 0.3) is 0 Å². The van der Waals surface area contributed by atoms with Gasteiger partial charge in [-0.1, -0.05) is 30.3 Å². The Labute approximate surface area is 210 Å². The van der Waals surface area contributed by atoms with Gasteiger partial charge in [0.2, 0.25) is 5.91 Å². The van der Waals surface area contributed by atoms with E-state index in [0.717, 1.165) is 39.8 Å². The summed E-state index contributed by atoms with van der Waals surface area (Å²) in [7, 11) is 4.93. The molecule has 0 bridgehead atoms. The number of ether oxygens (including phenoxy) is 3. The molecule has 7 heteroatoms. The topological polar surface area (TPSA) is 65.8 Å².